The highest BCUT2D eigenvalue weighted by atomic mass is 19.4. The zero-order valence-electron chi connectivity index (χ0n) is 11.8. The fourth-order valence-corrected chi connectivity index (χ4v) is 1.44. The number of halogens is 3. The Morgan fingerprint density at radius 3 is 2.50 bits per heavy atom. The van der Waals surface area contributed by atoms with Gasteiger partial charge in [-0.25, -0.2) is 0 Å². The number of ether oxygens (including phenoxy) is 2. The van der Waals surface area contributed by atoms with E-state index in [2.05, 4.69) is 10.3 Å². The maximum atomic E-state index is 12.7. The Kier molecular flexibility index (Phi) is 6.06. The van der Waals surface area contributed by atoms with Gasteiger partial charge < -0.3 is 14.8 Å². The van der Waals surface area contributed by atoms with Gasteiger partial charge in [-0.05, 0) is 26.8 Å². The first kappa shape index (κ1) is 16.6. The van der Waals surface area contributed by atoms with E-state index < -0.39 is 11.7 Å². The largest absolute Gasteiger partial charge is 0.475 e. The Bertz CT molecular complexity index is 423. The summed E-state index contributed by atoms with van der Waals surface area (Å²) in [6.07, 6.45) is -4.38. The lowest BCUT2D eigenvalue weighted by atomic mass is 10.2. The number of aromatic nitrogens is 1. The van der Waals surface area contributed by atoms with Gasteiger partial charge in [-0.3, -0.25) is 0 Å². The molecular weight excluding hydrogens is 273 g/mol. The Labute approximate surface area is 116 Å². The smallest absolute Gasteiger partial charge is 0.416 e. The molecule has 0 saturated carbocycles. The zero-order valence-corrected chi connectivity index (χ0v) is 11.8. The van der Waals surface area contributed by atoms with Crippen LogP contribution in [-0.4, -0.2) is 30.8 Å². The molecule has 0 fully saturated rings. The Morgan fingerprint density at radius 2 is 1.95 bits per heavy atom. The molecule has 0 unspecified atom stereocenters. The van der Waals surface area contributed by atoms with Crippen LogP contribution in [0.25, 0.3) is 0 Å². The van der Waals surface area contributed by atoms with Crippen molar-refractivity contribution in [1.29, 1.82) is 0 Å². The van der Waals surface area contributed by atoms with Crippen LogP contribution in [0, 0.1) is 0 Å². The molecule has 0 amide bonds. The summed E-state index contributed by atoms with van der Waals surface area (Å²) in [4.78, 5) is 3.96. The molecule has 7 heteroatoms. The molecule has 1 aromatic rings. The van der Waals surface area contributed by atoms with Gasteiger partial charge in [0.05, 0.1) is 18.3 Å². The van der Waals surface area contributed by atoms with Gasteiger partial charge in [-0.15, -0.1) is 0 Å². The van der Waals surface area contributed by atoms with Gasteiger partial charge in [-0.1, -0.05) is 0 Å². The number of nitrogens with zero attached hydrogens (tertiary/aromatic N) is 1. The summed E-state index contributed by atoms with van der Waals surface area (Å²) in [5.41, 5.74) is -0.789. The summed E-state index contributed by atoms with van der Waals surface area (Å²) in [5.74, 6) is 0.0743. The van der Waals surface area contributed by atoms with E-state index in [0.29, 0.717) is 13.2 Å². The molecule has 0 atom stereocenters. The third-order valence-corrected chi connectivity index (χ3v) is 2.27. The number of hydrogen-bond donors (Lipinski definition) is 1. The first-order valence-electron chi connectivity index (χ1n) is 6.40. The first-order valence-corrected chi connectivity index (χ1v) is 6.40. The third-order valence-electron chi connectivity index (χ3n) is 2.27. The fourth-order valence-electron chi connectivity index (χ4n) is 1.44. The number of nitrogens with one attached hydrogen (secondary N) is 1. The molecule has 0 aliphatic rings. The van der Waals surface area contributed by atoms with E-state index in [-0.39, 0.29) is 24.4 Å². The molecule has 0 aliphatic heterocycles. The maximum absolute atomic E-state index is 12.7. The molecule has 0 aliphatic carbocycles. The zero-order chi connectivity index (χ0) is 15.2. The van der Waals surface area contributed by atoms with Gasteiger partial charge in [0.15, 0.2) is 0 Å². The summed E-state index contributed by atoms with van der Waals surface area (Å²) in [7, 11) is 0. The monoisotopic (exact) mass is 292 g/mol. The molecule has 20 heavy (non-hydrogen) atoms. The number of pyridine rings is 1. The van der Waals surface area contributed by atoms with E-state index in [0.717, 1.165) is 12.1 Å². The second-order valence-electron chi connectivity index (χ2n) is 4.38. The van der Waals surface area contributed by atoms with Crippen molar-refractivity contribution in [3.63, 3.8) is 0 Å². The highest BCUT2D eigenvalue weighted by Crippen LogP contribution is 2.32. The molecule has 0 spiro atoms. The lowest BCUT2D eigenvalue weighted by molar-refractivity contribution is -0.137. The normalized spacial score (nSPS) is 11.8. The van der Waals surface area contributed by atoms with E-state index in [1.54, 1.807) is 6.92 Å². The van der Waals surface area contributed by atoms with Crippen LogP contribution in [0.1, 0.15) is 26.3 Å². The van der Waals surface area contributed by atoms with Crippen molar-refractivity contribution in [3.8, 4) is 5.88 Å². The van der Waals surface area contributed by atoms with Crippen LogP contribution in [0.4, 0.5) is 19.0 Å². The minimum absolute atomic E-state index is 0.0467. The number of alkyl halides is 3. The summed E-state index contributed by atoms with van der Waals surface area (Å²) < 4.78 is 48.7. The van der Waals surface area contributed by atoms with Crippen molar-refractivity contribution >= 4 is 5.82 Å². The Hall–Kier alpha value is -1.50. The van der Waals surface area contributed by atoms with Crippen LogP contribution in [0.2, 0.25) is 0 Å². The lowest BCUT2D eigenvalue weighted by Gasteiger charge is -2.13. The molecule has 1 rings (SSSR count). The quantitative estimate of drug-likeness (QED) is 0.783. The maximum Gasteiger partial charge on any atom is 0.416 e. The average Bonchev–Trinajstić information content (AvgIpc) is 2.33. The molecular formula is C13H19F3N2O2. The molecule has 4 nitrogen and oxygen atoms in total. The molecule has 0 aromatic carbocycles. The van der Waals surface area contributed by atoms with Crippen molar-refractivity contribution in [1.82, 2.24) is 4.98 Å². The SMILES string of the molecule is CCNc1cc(C(F)(F)F)cc(OCCOC(C)C)n1. The average molecular weight is 292 g/mol. The third kappa shape index (κ3) is 5.64. The summed E-state index contributed by atoms with van der Waals surface area (Å²) >= 11 is 0. The van der Waals surface area contributed by atoms with Crippen molar-refractivity contribution in [2.45, 2.75) is 33.1 Å². The van der Waals surface area contributed by atoms with Gasteiger partial charge in [0, 0.05) is 12.6 Å². The molecule has 1 aromatic heterocycles. The van der Waals surface area contributed by atoms with E-state index in [4.69, 9.17) is 9.47 Å². The van der Waals surface area contributed by atoms with Gasteiger partial charge >= 0.3 is 6.18 Å². The van der Waals surface area contributed by atoms with Gasteiger partial charge in [0.25, 0.3) is 0 Å². The van der Waals surface area contributed by atoms with Crippen LogP contribution < -0.4 is 10.1 Å². The predicted octanol–water partition coefficient (Wildman–Crippen LogP) is 3.34. The van der Waals surface area contributed by atoms with E-state index >= 15 is 0 Å². The Balaban J connectivity index is 2.76. The summed E-state index contributed by atoms with van der Waals surface area (Å²) in [6.45, 7) is 6.44. The first-order chi connectivity index (χ1) is 9.32. The number of anilines is 1. The highest BCUT2D eigenvalue weighted by Gasteiger charge is 2.31. The molecule has 0 radical (unpaired) electrons. The lowest BCUT2D eigenvalue weighted by Crippen LogP contribution is -2.13. The van der Waals surface area contributed by atoms with Crippen molar-refractivity contribution in [2.24, 2.45) is 0 Å². The van der Waals surface area contributed by atoms with Crippen LogP contribution >= 0.6 is 0 Å². The van der Waals surface area contributed by atoms with Gasteiger partial charge in [0.1, 0.15) is 12.4 Å². The number of hydrogen-bond acceptors (Lipinski definition) is 4. The minimum atomic E-state index is -4.43. The standard InChI is InChI=1S/C13H19F3N2O2/c1-4-17-11-7-10(13(14,15)16)8-12(18-11)20-6-5-19-9(2)3/h7-9H,4-6H2,1-3H3,(H,17,18). The molecule has 0 bridgehead atoms. The Morgan fingerprint density at radius 1 is 1.25 bits per heavy atom. The minimum Gasteiger partial charge on any atom is -0.475 e. The van der Waals surface area contributed by atoms with Crippen LogP contribution in [0.5, 0.6) is 5.88 Å². The highest BCUT2D eigenvalue weighted by molar-refractivity contribution is 5.42. The molecule has 1 heterocycles. The van der Waals surface area contributed by atoms with E-state index in [1.165, 1.54) is 0 Å². The van der Waals surface area contributed by atoms with Gasteiger partial charge in [-0.2, -0.15) is 18.2 Å². The van der Waals surface area contributed by atoms with Crippen molar-refractivity contribution in [3.05, 3.63) is 17.7 Å². The second-order valence-corrected chi connectivity index (χ2v) is 4.38. The van der Waals surface area contributed by atoms with E-state index in [9.17, 15) is 13.2 Å². The summed E-state index contributed by atoms with van der Waals surface area (Å²) in [5, 5.41) is 2.75. The van der Waals surface area contributed by atoms with Crippen molar-refractivity contribution in [2.75, 3.05) is 25.1 Å². The topological polar surface area (TPSA) is 43.4 Å². The molecule has 1 N–H and O–H groups in total. The number of rotatable bonds is 7. The second kappa shape index (κ2) is 7.33. The summed E-state index contributed by atoms with van der Waals surface area (Å²) in [6, 6.07) is 1.84. The predicted molar refractivity (Wildman–Crippen MR) is 70.0 cm³/mol. The van der Waals surface area contributed by atoms with Gasteiger partial charge in [0.2, 0.25) is 5.88 Å². The van der Waals surface area contributed by atoms with Crippen molar-refractivity contribution < 1.29 is 22.6 Å². The molecule has 114 valence electrons. The van der Waals surface area contributed by atoms with E-state index in [1.807, 2.05) is 13.8 Å². The fraction of sp³-hybridized carbons (Fsp3) is 0.615. The van der Waals surface area contributed by atoms with Crippen LogP contribution in [-0.2, 0) is 10.9 Å². The molecule has 0 saturated heterocycles. The van der Waals surface area contributed by atoms with Crippen LogP contribution in [0.15, 0.2) is 12.1 Å². The van der Waals surface area contributed by atoms with Crippen LogP contribution in [0.3, 0.4) is 0 Å².